The van der Waals surface area contributed by atoms with Crippen molar-refractivity contribution in [2.24, 2.45) is 17.8 Å². The zero-order valence-electron chi connectivity index (χ0n) is 18.8. The Kier molecular flexibility index (Phi) is 4.88. The van der Waals surface area contributed by atoms with Crippen molar-refractivity contribution in [2.75, 3.05) is 13.7 Å². The highest BCUT2D eigenvalue weighted by atomic mass is 16.5. The summed E-state index contributed by atoms with van der Waals surface area (Å²) in [5.74, 6) is -2.75. The molecule has 4 atom stereocenters. The number of fused-ring (bicyclic) bond motifs is 3. The first kappa shape index (κ1) is 21.4. The predicted octanol–water partition coefficient (Wildman–Crippen LogP) is 2.85. The summed E-state index contributed by atoms with van der Waals surface area (Å²) < 4.78 is 5.53. The van der Waals surface area contributed by atoms with Crippen LogP contribution in [0.4, 0.5) is 0 Å². The Hall–Kier alpha value is -3.48. The molecular weight excluding hydrogens is 422 g/mol. The van der Waals surface area contributed by atoms with Gasteiger partial charge in [-0.1, -0.05) is 17.7 Å². The van der Waals surface area contributed by atoms with Crippen LogP contribution < -0.4 is 4.74 Å². The molecule has 0 aromatic heterocycles. The Bertz CT molecular complexity index is 1220. The number of hydrogen-bond donors (Lipinski definition) is 1. The lowest BCUT2D eigenvalue weighted by Gasteiger charge is -2.42. The molecule has 7 nitrogen and oxygen atoms in total. The maximum Gasteiger partial charge on any atom is 0.233 e. The molecular formula is C26H25NO6. The number of aromatic hydroxyl groups is 1. The molecule has 0 bridgehead atoms. The lowest BCUT2D eigenvalue weighted by Crippen LogP contribution is -2.39. The first-order valence-corrected chi connectivity index (χ1v) is 11.2. The molecule has 1 fully saturated rings. The number of benzene rings is 1. The number of likely N-dealkylation sites (tertiary alicyclic amines) is 1. The van der Waals surface area contributed by atoms with E-state index >= 15 is 0 Å². The van der Waals surface area contributed by atoms with Crippen LogP contribution in [0, 0.1) is 17.8 Å². The van der Waals surface area contributed by atoms with Gasteiger partial charge >= 0.3 is 0 Å². The van der Waals surface area contributed by atoms with Gasteiger partial charge in [-0.3, -0.25) is 24.1 Å². The standard InChI is InChI=1S/C26H25NO6/c1-4-27-25(31)14-9-8-13-15(20(14)26(27)32)11-16-21(18(29)10-12(2)24(16)30)22(13)23-17(28)6-5-7-19(23)33-3/h5-8,10,14-15,20,22,28H,4,9,11H2,1-3H3/t14-,15+,20-,22-/m0/s1. The summed E-state index contributed by atoms with van der Waals surface area (Å²) in [6.45, 7) is 3.68. The zero-order valence-corrected chi connectivity index (χ0v) is 18.8. The number of ether oxygens (including phenoxy) is 1. The van der Waals surface area contributed by atoms with Gasteiger partial charge in [0.05, 0.1) is 18.9 Å². The van der Waals surface area contributed by atoms with Gasteiger partial charge in [0, 0.05) is 34.7 Å². The topological polar surface area (TPSA) is 101 Å². The van der Waals surface area contributed by atoms with E-state index in [1.165, 1.54) is 24.2 Å². The molecule has 33 heavy (non-hydrogen) atoms. The second-order valence-corrected chi connectivity index (χ2v) is 9.04. The third kappa shape index (κ3) is 2.88. The Morgan fingerprint density at radius 2 is 1.88 bits per heavy atom. The number of hydrogen-bond acceptors (Lipinski definition) is 6. The number of phenols is 1. The Labute approximate surface area is 191 Å². The van der Waals surface area contributed by atoms with Gasteiger partial charge in [-0.05, 0) is 50.8 Å². The smallest absolute Gasteiger partial charge is 0.233 e. The highest BCUT2D eigenvalue weighted by Crippen LogP contribution is 2.57. The van der Waals surface area contributed by atoms with Crippen LogP contribution in [-0.2, 0) is 19.2 Å². The minimum atomic E-state index is -0.727. The molecule has 0 radical (unpaired) electrons. The van der Waals surface area contributed by atoms with Gasteiger partial charge in [-0.25, -0.2) is 0 Å². The summed E-state index contributed by atoms with van der Waals surface area (Å²) in [5.41, 5.74) is 2.25. The van der Waals surface area contributed by atoms with Gasteiger partial charge in [0.2, 0.25) is 11.8 Å². The normalized spacial score (nSPS) is 28.9. The summed E-state index contributed by atoms with van der Waals surface area (Å²) in [7, 11) is 1.48. The van der Waals surface area contributed by atoms with Gasteiger partial charge in [-0.15, -0.1) is 0 Å². The first-order valence-electron chi connectivity index (χ1n) is 11.2. The molecule has 1 saturated heterocycles. The maximum absolute atomic E-state index is 13.3. The highest BCUT2D eigenvalue weighted by molar-refractivity contribution is 6.23. The predicted molar refractivity (Wildman–Crippen MR) is 118 cm³/mol. The first-order chi connectivity index (χ1) is 15.8. The lowest BCUT2D eigenvalue weighted by atomic mass is 9.59. The summed E-state index contributed by atoms with van der Waals surface area (Å²) >= 11 is 0. The van der Waals surface area contributed by atoms with Crippen LogP contribution in [0.25, 0.3) is 0 Å². The molecule has 4 aliphatic rings. The molecule has 1 aromatic rings. The minimum Gasteiger partial charge on any atom is -0.507 e. The van der Waals surface area contributed by atoms with Gasteiger partial charge in [0.15, 0.2) is 11.6 Å². The lowest BCUT2D eigenvalue weighted by molar-refractivity contribution is -0.139. The van der Waals surface area contributed by atoms with Crippen LogP contribution in [-0.4, -0.2) is 47.0 Å². The van der Waals surface area contributed by atoms with Crippen LogP contribution in [0.1, 0.15) is 38.2 Å². The zero-order chi connectivity index (χ0) is 23.6. The third-order valence-corrected chi connectivity index (χ3v) is 7.52. The molecule has 1 N–H and O–H groups in total. The largest absolute Gasteiger partial charge is 0.507 e. The van der Waals surface area contributed by atoms with Crippen LogP contribution in [0.15, 0.2) is 52.6 Å². The monoisotopic (exact) mass is 447 g/mol. The molecule has 7 heteroatoms. The van der Waals surface area contributed by atoms with Crippen molar-refractivity contribution >= 4 is 23.4 Å². The quantitative estimate of drug-likeness (QED) is 0.434. The molecule has 1 aromatic carbocycles. The minimum absolute atomic E-state index is 0.0505. The molecule has 5 rings (SSSR count). The fraction of sp³-hybridized carbons (Fsp3) is 0.385. The molecule has 0 saturated carbocycles. The highest BCUT2D eigenvalue weighted by Gasteiger charge is 2.56. The number of ketones is 2. The van der Waals surface area contributed by atoms with E-state index in [-0.39, 0.29) is 35.6 Å². The fourth-order valence-corrected chi connectivity index (χ4v) is 6.09. The molecule has 170 valence electrons. The third-order valence-electron chi connectivity index (χ3n) is 7.52. The Balaban J connectivity index is 1.75. The average Bonchev–Trinajstić information content (AvgIpc) is 3.05. The number of carbonyl (C=O) groups is 4. The molecule has 0 unspecified atom stereocenters. The van der Waals surface area contributed by atoms with Crippen molar-refractivity contribution in [3.8, 4) is 11.5 Å². The van der Waals surface area contributed by atoms with Crippen LogP contribution in [0.5, 0.6) is 11.5 Å². The molecule has 0 spiro atoms. The number of rotatable bonds is 3. The summed E-state index contributed by atoms with van der Waals surface area (Å²) in [5, 5.41) is 10.9. The van der Waals surface area contributed by atoms with E-state index in [0.29, 0.717) is 41.0 Å². The van der Waals surface area contributed by atoms with Crippen molar-refractivity contribution in [3.63, 3.8) is 0 Å². The average molecular weight is 447 g/mol. The Morgan fingerprint density at radius 3 is 2.58 bits per heavy atom. The fourth-order valence-electron chi connectivity index (χ4n) is 6.09. The van der Waals surface area contributed by atoms with Crippen molar-refractivity contribution in [1.29, 1.82) is 0 Å². The van der Waals surface area contributed by atoms with Gasteiger partial charge < -0.3 is 9.84 Å². The molecule has 3 aliphatic carbocycles. The van der Waals surface area contributed by atoms with E-state index in [2.05, 4.69) is 0 Å². The number of carbonyl (C=O) groups excluding carboxylic acids is 4. The SMILES string of the molecule is CCN1C(=O)[C@H]2[C@H](CC=C3[C@H](c4c(O)cccc4OC)C4=C(C[C@H]32)C(=O)C(C)=CC4=O)C1=O. The molecule has 1 heterocycles. The summed E-state index contributed by atoms with van der Waals surface area (Å²) in [4.78, 5) is 53.9. The van der Waals surface area contributed by atoms with E-state index in [1.54, 1.807) is 26.0 Å². The second kappa shape index (κ2) is 7.54. The van der Waals surface area contributed by atoms with Gasteiger partial charge in [-0.2, -0.15) is 0 Å². The van der Waals surface area contributed by atoms with Crippen molar-refractivity contribution in [3.05, 3.63) is 58.2 Å². The molecule has 1 aliphatic heterocycles. The van der Waals surface area contributed by atoms with Crippen molar-refractivity contribution in [2.45, 2.75) is 32.6 Å². The van der Waals surface area contributed by atoms with Crippen LogP contribution in [0.2, 0.25) is 0 Å². The van der Waals surface area contributed by atoms with E-state index in [1.807, 2.05) is 6.08 Å². The van der Waals surface area contributed by atoms with E-state index < -0.39 is 23.7 Å². The number of methoxy groups -OCH3 is 1. The number of allylic oxidation sites excluding steroid dienone is 6. The van der Waals surface area contributed by atoms with Gasteiger partial charge in [0.1, 0.15) is 11.5 Å². The maximum atomic E-state index is 13.3. The van der Waals surface area contributed by atoms with Crippen LogP contribution >= 0.6 is 0 Å². The Morgan fingerprint density at radius 1 is 1.12 bits per heavy atom. The number of Topliss-reactive ketones (excluding diaryl/α,β-unsaturated/α-hetero) is 1. The summed E-state index contributed by atoms with van der Waals surface area (Å²) in [6.07, 6.45) is 3.88. The van der Waals surface area contributed by atoms with Gasteiger partial charge in [0.25, 0.3) is 0 Å². The van der Waals surface area contributed by atoms with E-state index in [4.69, 9.17) is 4.74 Å². The summed E-state index contributed by atoms with van der Waals surface area (Å²) in [6, 6.07) is 4.87. The number of amides is 2. The molecule has 2 amide bonds. The van der Waals surface area contributed by atoms with Crippen molar-refractivity contribution in [1.82, 2.24) is 4.90 Å². The van der Waals surface area contributed by atoms with E-state index in [0.717, 1.165) is 5.57 Å². The van der Waals surface area contributed by atoms with Crippen LogP contribution in [0.3, 0.4) is 0 Å². The van der Waals surface area contributed by atoms with Crippen molar-refractivity contribution < 1.29 is 29.0 Å². The number of imide groups is 1. The second-order valence-electron chi connectivity index (χ2n) is 9.04. The number of nitrogens with zero attached hydrogens (tertiary/aromatic N) is 1. The number of phenolic OH excluding ortho intramolecular Hbond substituents is 1. The van der Waals surface area contributed by atoms with E-state index in [9.17, 15) is 24.3 Å².